The minimum atomic E-state index is -0.893. The Balaban J connectivity index is 1.50. The van der Waals surface area contributed by atoms with E-state index < -0.39 is 30.4 Å². The van der Waals surface area contributed by atoms with Crippen LogP contribution < -0.4 is 25.0 Å². The molecule has 3 aromatic carbocycles. The summed E-state index contributed by atoms with van der Waals surface area (Å²) in [5.74, 6) is -1.67. The number of hydrogen-bond acceptors (Lipinski definition) is 6. The molecule has 9 nitrogen and oxygen atoms in total. The molecule has 0 spiro atoms. The van der Waals surface area contributed by atoms with Gasteiger partial charge in [-0.05, 0) is 73.2 Å². The Morgan fingerprint density at radius 1 is 0.900 bits per heavy atom. The zero-order valence-electron chi connectivity index (χ0n) is 20.6. The second-order valence-electron chi connectivity index (χ2n) is 8.16. The lowest BCUT2D eigenvalue weighted by Crippen LogP contribution is -2.54. The monoisotopic (exact) mass is 621 g/mol. The standard InChI is InChI=1S/C27H19Cl4N3O6/c1-2-39-17-6-4-16(5-7-17)34-26(37)18(25(36)33-27(34)38)9-14-10-21(30)24(22(31)11-14)40-13-23(35)32-15-3-8-19(28)20(29)12-15/h3-12H,2,13H2,1H3,(H,32,35)(H,33,36,38)/b18-9+. The third-order valence-corrected chi connectivity index (χ3v) is 6.69. The van der Waals surface area contributed by atoms with E-state index in [-0.39, 0.29) is 37.6 Å². The number of nitrogens with zero attached hydrogens (tertiary/aromatic N) is 1. The number of carbonyl (C=O) groups excluding carboxylic acids is 4. The average molecular weight is 623 g/mol. The highest BCUT2D eigenvalue weighted by atomic mass is 35.5. The summed E-state index contributed by atoms with van der Waals surface area (Å²) in [5.41, 5.74) is 0.607. The van der Waals surface area contributed by atoms with E-state index in [0.29, 0.717) is 23.1 Å². The molecule has 1 saturated heterocycles. The van der Waals surface area contributed by atoms with Crippen LogP contribution in [0.15, 0.2) is 60.2 Å². The van der Waals surface area contributed by atoms with Gasteiger partial charge in [0.2, 0.25) is 0 Å². The van der Waals surface area contributed by atoms with Crippen molar-refractivity contribution in [1.82, 2.24) is 5.32 Å². The average Bonchev–Trinajstić information content (AvgIpc) is 2.89. The van der Waals surface area contributed by atoms with Crippen LogP contribution in [0.2, 0.25) is 20.1 Å². The molecule has 5 amide bonds. The topological polar surface area (TPSA) is 114 Å². The molecule has 1 heterocycles. The van der Waals surface area contributed by atoms with Crippen molar-refractivity contribution in [3.05, 3.63) is 85.8 Å². The van der Waals surface area contributed by atoms with Crippen LogP contribution in [0.25, 0.3) is 6.08 Å². The van der Waals surface area contributed by atoms with Gasteiger partial charge in [0, 0.05) is 5.69 Å². The summed E-state index contributed by atoms with van der Waals surface area (Å²) in [7, 11) is 0. The minimum absolute atomic E-state index is 0.0142. The molecule has 3 aromatic rings. The van der Waals surface area contributed by atoms with Gasteiger partial charge in [-0.25, -0.2) is 9.69 Å². The summed E-state index contributed by atoms with van der Waals surface area (Å²) in [6, 6.07) is 12.7. The highest BCUT2D eigenvalue weighted by molar-refractivity contribution is 6.42. The molecule has 4 rings (SSSR count). The van der Waals surface area contributed by atoms with Gasteiger partial charge >= 0.3 is 6.03 Å². The number of barbiturate groups is 1. The van der Waals surface area contributed by atoms with Crippen molar-refractivity contribution in [3.8, 4) is 11.5 Å². The number of imide groups is 2. The van der Waals surface area contributed by atoms with Crippen molar-refractivity contribution in [1.29, 1.82) is 0 Å². The first kappa shape index (κ1) is 29.2. The van der Waals surface area contributed by atoms with Crippen molar-refractivity contribution in [2.24, 2.45) is 0 Å². The zero-order valence-corrected chi connectivity index (χ0v) is 23.6. The zero-order chi connectivity index (χ0) is 29.0. The maximum absolute atomic E-state index is 13.2. The predicted molar refractivity (Wildman–Crippen MR) is 154 cm³/mol. The Morgan fingerprint density at radius 2 is 1.57 bits per heavy atom. The molecule has 40 heavy (non-hydrogen) atoms. The maximum atomic E-state index is 13.2. The number of hydrogen-bond donors (Lipinski definition) is 2. The van der Waals surface area contributed by atoms with Crippen LogP contribution in [0, 0.1) is 0 Å². The van der Waals surface area contributed by atoms with Crippen molar-refractivity contribution < 1.29 is 28.7 Å². The summed E-state index contributed by atoms with van der Waals surface area (Å²) in [5, 5.41) is 5.39. The first-order valence-corrected chi connectivity index (χ1v) is 13.1. The molecule has 0 saturated carbocycles. The Bertz CT molecular complexity index is 1520. The Hall–Kier alpha value is -3.76. The maximum Gasteiger partial charge on any atom is 0.335 e. The largest absolute Gasteiger partial charge is 0.494 e. The fraction of sp³-hybridized carbons (Fsp3) is 0.111. The molecule has 0 unspecified atom stereocenters. The van der Waals surface area contributed by atoms with Gasteiger partial charge in [0.15, 0.2) is 12.4 Å². The highest BCUT2D eigenvalue weighted by Crippen LogP contribution is 2.35. The summed E-state index contributed by atoms with van der Waals surface area (Å²) >= 11 is 24.5. The smallest absolute Gasteiger partial charge is 0.335 e. The van der Waals surface area contributed by atoms with E-state index in [1.807, 2.05) is 6.92 Å². The molecule has 1 aliphatic rings. The van der Waals surface area contributed by atoms with Crippen LogP contribution in [-0.4, -0.2) is 37.0 Å². The highest BCUT2D eigenvalue weighted by Gasteiger charge is 2.37. The molecule has 1 aliphatic heterocycles. The fourth-order valence-corrected chi connectivity index (χ4v) is 4.54. The van der Waals surface area contributed by atoms with E-state index >= 15 is 0 Å². The van der Waals surface area contributed by atoms with Gasteiger partial charge in [-0.2, -0.15) is 0 Å². The normalized spacial score (nSPS) is 14.3. The van der Waals surface area contributed by atoms with Gasteiger partial charge in [-0.3, -0.25) is 19.7 Å². The second kappa shape index (κ2) is 12.6. The number of ether oxygens (including phenoxy) is 2. The SMILES string of the molecule is CCOc1ccc(N2C(=O)NC(=O)/C(=C\c3cc(Cl)c(OCC(=O)Nc4ccc(Cl)c(Cl)c4)c(Cl)c3)C2=O)cc1. The molecular weight excluding hydrogens is 604 g/mol. The number of rotatable bonds is 8. The van der Waals surface area contributed by atoms with E-state index in [1.54, 1.807) is 18.2 Å². The number of nitrogens with one attached hydrogen (secondary N) is 2. The van der Waals surface area contributed by atoms with Gasteiger partial charge in [0.05, 0.1) is 32.4 Å². The molecule has 1 fully saturated rings. The predicted octanol–water partition coefficient (Wildman–Crippen LogP) is 6.38. The molecule has 0 aromatic heterocycles. The lowest BCUT2D eigenvalue weighted by Gasteiger charge is -2.26. The van der Waals surface area contributed by atoms with Crippen LogP contribution in [0.5, 0.6) is 11.5 Å². The molecule has 206 valence electrons. The molecule has 13 heteroatoms. The van der Waals surface area contributed by atoms with Crippen molar-refractivity contribution in [2.45, 2.75) is 6.92 Å². The number of anilines is 2. The fourth-order valence-electron chi connectivity index (χ4n) is 3.63. The van der Waals surface area contributed by atoms with E-state index in [1.165, 1.54) is 42.5 Å². The summed E-state index contributed by atoms with van der Waals surface area (Å²) < 4.78 is 10.9. The summed E-state index contributed by atoms with van der Waals surface area (Å²) in [4.78, 5) is 51.3. The molecule has 0 atom stereocenters. The van der Waals surface area contributed by atoms with Crippen molar-refractivity contribution in [2.75, 3.05) is 23.4 Å². The Labute approximate surface area is 248 Å². The molecule has 2 N–H and O–H groups in total. The van der Waals surface area contributed by atoms with Crippen LogP contribution in [0.1, 0.15) is 12.5 Å². The van der Waals surface area contributed by atoms with Gasteiger partial charge in [-0.1, -0.05) is 46.4 Å². The third-order valence-electron chi connectivity index (χ3n) is 5.39. The van der Waals surface area contributed by atoms with Crippen molar-refractivity contribution >= 4 is 87.6 Å². The minimum Gasteiger partial charge on any atom is -0.494 e. The van der Waals surface area contributed by atoms with E-state index in [9.17, 15) is 19.2 Å². The third kappa shape index (κ3) is 6.68. The number of halogens is 4. The number of benzene rings is 3. The van der Waals surface area contributed by atoms with Gasteiger partial charge in [0.1, 0.15) is 11.3 Å². The number of carbonyl (C=O) groups is 4. The van der Waals surface area contributed by atoms with Crippen LogP contribution in [0.3, 0.4) is 0 Å². The van der Waals surface area contributed by atoms with Crippen molar-refractivity contribution in [3.63, 3.8) is 0 Å². The number of urea groups is 1. The van der Waals surface area contributed by atoms with E-state index in [4.69, 9.17) is 55.9 Å². The Kier molecular flexibility index (Phi) is 9.21. The van der Waals surface area contributed by atoms with E-state index in [2.05, 4.69) is 10.6 Å². The lowest BCUT2D eigenvalue weighted by atomic mass is 10.1. The Morgan fingerprint density at radius 3 is 2.20 bits per heavy atom. The van der Waals surface area contributed by atoms with Crippen LogP contribution in [-0.2, 0) is 14.4 Å². The lowest BCUT2D eigenvalue weighted by molar-refractivity contribution is -0.122. The number of amides is 5. The van der Waals surface area contributed by atoms with Gasteiger partial charge < -0.3 is 14.8 Å². The first-order chi connectivity index (χ1) is 19.1. The summed E-state index contributed by atoms with van der Waals surface area (Å²) in [6.07, 6.45) is 1.24. The molecular formula is C27H19Cl4N3O6. The second-order valence-corrected chi connectivity index (χ2v) is 9.79. The summed E-state index contributed by atoms with van der Waals surface area (Å²) in [6.45, 7) is 1.84. The first-order valence-electron chi connectivity index (χ1n) is 11.6. The van der Waals surface area contributed by atoms with Crippen LogP contribution in [0.4, 0.5) is 16.2 Å². The molecule has 0 bridgehead atoms. The quantitative estimate of drug-likeness (QED) is 0.222. The van der Waals surface area contributed by atoms with Crippen LogP contribution >= 0.6 is 46.4 Å². The van der Waals surface area contributed by atoms with E-state index in [0.717, 1.165) is 4.90 Å². The molecule has 0 aliphatic carbocycles. The molecule has 0 radical (unpaired) electrons. The van der Waals surface area contributed by atoms with Gasteiger partial charge in [0.25, 0.3) is 17.7 Å². The van der Waals surface area contributed by atoms with Gasteiger partial charge in [-0.15, -0.1) is 0 Å².